The van der Waals surface area contributed by atoms with Gasteiger partial charge >= 0.3 is 0 Å². The zero-order valence-electron chi connectivity index (χ0n) is 18.2. The number of benzene rings is 2. The molecule has 0 saturated heterocycles. The normalized spacial score (nSPS) is 12.6. The summed E-state index contributed by atoms with van der Waals surface area (Å²) < 4.78 is 8.72. The lowest BCUT2D eigenvalue weighted by atomic mass is 9.91. The Morgan fingerprint density at radius 1 is 1.00 bits per heavy atom. The minimum Gasteiger partial charge on any atom is -0.459 e. The summed E-state index contributed by atoms with van der Waals surface area (Å²) in [5.41, 5.74) is 4.81. The molecule has 2 aromatic carbocycles. The maximum Gasteiger partial charge on any atom is 0.153 e. The molecule has 0 unspecified atom stereocenters. The van der Waals surface area contributed by atoms with E-state index in [1.165, 1.54) is 36.7 Å². The van der Waals surface area contributed by atoms with Gasteiger partial charge in [0.1, 0.15) is 5.76 Å². The Kier molecular flexibility index (Phi) is 4.48. The first-order valence-corrected chi connectivity index (χ1v) is 11.4. The monoisotopic (exact) mass is 413 g/mol. The number of hydrogen-bond acceptors (Lipinski definition) is 3. The average Bonchev–Trinajstić information content (AvgIpc) is 3.22. The summed E-state index contributed by atoms with van der Waals surface area (Å²) in [6, 6.07) is 17.6. The molecule has 0 aliphatic carbocycles. The van der Waals surface area contributed by atoms with Crippen molar-refractivity contribution >= 4 is 42.5 Å². The molecule has 0 bridgehead atoms. The largest absolute Gasteiger partial charge is 0.459 e. The molecule has 5 rings (SSSR count). The van der Waals surface area contributed by atoms with Crippen LogP contribution in [0.3, 0.4) is 0 Å². The van der Waals surface area contributed by atoms with Crippen LogP contribution in [-0.2, 0) is 6.42 Å². The summed E-state index contributed by atoms with van der Waals surface area (Å²) in [6.07, 6.45) is 2.86. The minimum atomic E-state index is 0.209. The maximum atomic E-state index is 6.30. The fourth-order valence-electron chi connectivity index (χ4n) is 4.30. The number of hydrogen-bond donors (Lipinski definition) is 0. The average molecular weight is 414 g/mol. The van der Waals surface area contributed by atoms with E-state index in [1.54, 1.807) is 11.3 Å². The molecule has 0 spiro atoms. The van der Waals surface area contributed by atoms with Crippen molar-refractivity contribution in [3.63, 3.8) is 0 Å². The van der Waals surface area contributed by atoms with E-state index >= 15 is 0 Å². The van der Waals surface area contributed by atoms with Crippen molar-refractivity contribution in [1.29, 1.82) is 0 Å². The highest BCUT2D eigenvalue weighted by molar-refractivity contribution is 7.26. The highest BCUT2D eigenvalue weighted by Gasteiger charge is 2.19. The first-order valence-electron chi connectivity index (χ1n) is 10.6. The molecule has 0 atom stereocenters. The summed E-state index contributed by atoms with van der Waals surface area (Å²) in [6.45, 7) is 11.3. The molecule has 0 radical (unpaired) electrons. The van der Waals surface area contributed by atoms with Crippen molar-refractivity contribution in [2.24, 2.45) is 5.41 Å². The summed E-state index contributed by atoms with van der Waals surface area (Å²) in [4.78, 5) is 4.81. The zero-order chi connectivity index (χ0) is 21.0. The van der Waals surface area contributed by atoms with Crippen LogP contribution in [0.2, 0.25) is 0 Å². The number of rotatable bonds is 3. The van der Waals surface area contributed by atoms with E-state index in [2.05, 4.69) is 83.1 Å². The van der Waals surface area contributed by atoms with Crippen LogP contribution in [0.4, 0.5) is 0 Å². The van der Waals surface area contributed by atoms with E-state index in [4.69, 9.17) is 9.40 Å². The minimum absolute atomic E-state index is 0.209. The van der Waals surface area contributed by atoms with Crippen LogP contribution in [-0.4, -0.2) is 4.98 Å². The van der Waals surface area contributed by atoms with Gasteiger partial charge in [-0.05, 0) is 51.9 Å². The Morgan fingerprint density at radius 2 is 1.80 bits per heavy atom. The Balaban J connectivity index is 1.71. The molecule has 3 aromatic heterocycles. The molecule has 30 heavy (non-hydrogen) atoms. The van der Waals surface area contributed by atoms with E-state index in [0.29, 0.717) is 5.92 Å². The first kappa shape index (κ1) is 19.3. The molecule has 5 aromatic rings. The topological polar surface area (TPSA) is 26.0 Å². The van der Waals surface area contributed by atoms with E-state index in [0.717, 1.165) is 23.5 Å². The molecule has 0 aliphatic rings. The predicted molar refractivity (Wildman–Crippen MR) is 130 cm³/mol. The highest BCUT2D eigenvalue weighted by Crippen LogP contribution is 2.42. The van der Waals surface area contributed by atoms with Crippen LogP contribution in [0.1, 0.15) is 51.9 Å². The van der Waals surface area contributed by atoms with Crippen molar-refractivity contribution < 1.29 is 4.42 Å². The maximum absolute atomic E-state index is 6.30. The van der Waals surface area contributed by atoms with Gasteiger partial charge in [0, 0.05) is 23.6 Å². The number of nitrogens with zero attached hydrogens (tertiary/aromatic N) is 1. The van der Waals surface area contributed by atoms with Gasteiger partial charge in [0.05, 0.1) is 15.1 Å². The number of aromatic nitrogens is 1. The molecule has 0 fully saturated rings. The van der Waals surface area contributed by atoms with Gasteiger partial charge < -0.3 is 4.42 Å². The van der Waals surface area contributed by atoms with Crippen molar-refractivity contribution in [2.45, 2.75) is 47.0 Å². The third-order valence-electron chi connectivity index (χ3n) is 5.60. The Morgan fingerprint density at radius 3 is 2.57 bits per heavy atom. The number of fused-ring (bicyclic) bond motifs is 4. The standard InChI is InChI=1S/C27H27NOS/c1-16(2)22-13-18(12-17-8-6-7-9-20(17)22)24-26-21(10-11-28-24)25-23(30-26)14-19(29-25)15-27(3,4)5/h6-14,16H,15H2,1-5H3. The van der Waals surface area contributed by atoms with Gasteiger partial charge in [0.15, 0.2) is 5.58 Å². The zero-order valence-corrected chi connectivity index (χ0v) is 19.1. The van der Waals surface area contributed by atoms with Gasteiger partial charge in [-0.1, -0.05) is 58.9 Å². The van der Waals surface area contributed by atoms with Crippen LogP contribution in [0.25, 0.3) is 42.4 Å². The quantitative estimate of drug-likeness (QED) is 0.296. The van der Waals surface area contributed by atoms with Gasteiger partial charge in [0.2, 0.25) is 0 Å². The first-order chi connectivity index (χ1) is 14.3. The fourth-order valence-corrected chi connectivity index (χ4v) is 5.49. The highest BCUT2D eigenvalue weighted by atomic mass is 32.1. The van der Waals surface area contributed by atoms with Gasteiger partial charge in [-0.25, -0.2) is 0 Å². The summed E-state index contributed by atoms with van der Waals surface area (Å²) in [5.74, 6) is 1.52. The lowest BCUT2D eigenvalue weighted by molar-refractivity contribution is 0.371. The van der Waals surface area contributed by atoms with Crippen LogP contribution >= 0.6 is 11.3 Å². The van der Waals surface area contributed by atoms with E-state index < -0.39 is 0 Å². The van der Waals surface area contributed by atoms with Crippen LogP contribution < -0.4 is 0 Å². The molecule has 3 heteroatoms. The SMILES string of the molecule is CC(C)c1cc(-c2nccc3c2sc2cc(CC(C)(C)C)oc23)cc2ccccc12. The second-order valence-corrected chi connectivity index (χ2v) is 10.8. The van der Waals surface area contributed by atoms with E-state index in [9.17, 15) is 0 Å². The molecule has 0 amide bonds. The number of furan rings is 1. The second kappa shape index (κ2) is 6.95. The molecule has 152 valence electrons. The fraction of sp³-hybridized carbons (Fsp3) is 0.296. The van der Waals surface area contributed by atoms with E-state index in [1.807, 2.05) is 6.20 Å². The molecular formula is C27H27NOS. The number of thiophene rings is 1. The summed E-state index contributed by atoms with van der Waals surface area (Å²) in [5, 5.41) is 3.76. The van der Waals surface area contributed by atoms with Crippen molar-refractivity contribution in [3.05, 3.63) is 66.1 Å². The molecule has 0 saturated carbocycles. The molecule has 0 N–H and O–H groups in total. The molecule has 3 heterocycles. The van der Waals surface area contributed by atoms with Crippen molar-refractivity contribution in [3.8, 4) is 11.3 Å². The second-order valence-electron chi connectivity index (χ2n) is 9.72. The lowest BCUT2D eigenvalue weighted by Gasteiger charge is -2.15. The third-order valence-corrected chi connectivity index (χ3v) is 6.74. The van der Waals surface area contributed by atoms with Crippen LogP contribution in [0.15, 0.2) is 59.1 Å². The lowest BCUT2D eigenvalue weighted by Crippen LogP contribution is -2.08. The third kappa shape index (κ3) is 3.31. The summed E-state index contributed by atoms with van der Waals surface area (Å²) in [7, 11) is 0. The van der Waals surface area contributed by atoms with Crippen molar-refractivity contribution in [2.75, 3.05) is 0 Å². The summed E-state index contributed by atoms with van der Waals surface area (Å²) >= 11 is 1.79. The Bertz CT molecular complexity index is 1380. The van der Waals surface area contributed by atoms with Gasteiger partial charge in [-0.2, -0.15) is 0 Å². The van der Waals surface area contributed by atoms with Crippen molar-refractivity contribution in [1.82, 2.24) is 4.98 Å². The van der Waals surface area contributed by atoms with Gasteiger partial charge in [-0.3, -0.25) is 4.98 Å². The molecular weight excluding hydrogens is 386 g/mol. The molecule has 0 aliphatic heterocycles. The van der Waals surface area contributed by atoms with Gasteiger partial charge in [-0.15, -0.1) is 11.3 Å². The smallest absolute Gasteiger partial charge is 0.153 e. The van der Waals surface area contributed by atoms with Gasteiger partial charge in [0.25, 0.3) is 0 Å². The molecule has 2 nitrogen and oxygen atoms in total. The van der Waals surface area contributed by atoms with Crippen LogP contribution in [0.5, 0.6) is 0 Å². The van der Waals surface area contributed by atoms with Crippen LogP contribution in [0, 0.1) is 5.41 Å². The predicted octanol–water partition coefficient (Wildman–Crippen LogP) is 8.57. The number of pyridine rings is 1. The van der Waals surface area contributed by atoms with E-state index in [-0.39, 0.29) is 5.41 Å². The Hall–Kier alpha value is -2.65. The Labute approximate surface area is 181 Å².